The van der Waals surface area contributed by atoms with Crippen LogP contribution >= 0.6 is 0 Å². The second-order valence-corrected chi connectivity index (χ2v) is 5.77. The molecule has 0 saturated carbocycles. The smallest absolute Gasteiger partial charge is 0.124 e. The van der Waals surface area contributed by atoms with Crippen LogP contribution in [0.2, 0.25) is 0 Å². The van der Waals surface area contributed by atoms with Crippen LogP contribution in [0.15, 0.2) is 65.9 Å². The largest absolute Gasteiger partial charge is 0.508 e. The third-order valence-electron chi connectivity index (χ3n) is 3.88. The lowest BCUT2D eigenvalue weighted by atomic mass is 10.1. The Balaban J connectivity index is 2.39. The fourth-order valence-corrected chi connectivity index (χ4v) is 2.39. The van der Waals surface area contributed by atoms with E-state index in [2.05, 4.69) is 11.6 Å². The Morgan fingerprint density at radius 2 is 1.70 bits per heavy atom. The van der Waals surface area contributed by atoms with Crippen molar-refractivity contribution < 1.29 is 19.3 Å². The van der Waals surface area contributed by atoms with Crippen molar-refractivity contribution in [2.75, 3.05) is 20.8 Å². The maximum absolute atomic E-state index is 9.55. The number of phenols is 1. The van der Waals surface area contributed by atoms with Crippen LogP contribution in [0.5, 0.6) is 17.2 Å². The molecule has 0 fully saturated rings. The molecule has 0 unspecified atom stereocenters. The zero-order valence-electron chi connectivity index (χ0n) is 15.9. The molecule has 0 radical (unpaired) electrons. The lowest BCUT2D eigenvalue weighted by Crippen LogP contribution is -1.97. The van der Waals surface area contributed by atoms with Crippen LogP contribution in [-0.2, 0) is 4.74 Å². The highest BCUT2D eigenvalue weighted by Crippen LogP contribution is 2.28. The molecule has 1 N–H and O–H groups in total. The van der Waals surface area contributed by atoms with Crippen LogP contribution in [0.25, 0.3) is 5.57 Å². The van der Waals surface area contributed by atoms with Crippen LogP contribution < -0.4 is 9.47 Å². The van der Waals surface area contributed by atoms with Crippen molar-refractivity contribution in [3.05, 3.63) is 66.4 Å². The molecule has 0 heterocycles. The molecule has 27 heavy (non-hydrogen) atoms. The van der Waals surface area contributed by atoms with Crippen molar-refractivity contribution in [3.8, 4) is 17.2 Å². The standard InChI is InChI=1S/C22H25NO4/c1-5-6-11-27-16(2)22(17-7-9-19(24)10-8-17)15-23-18-12-20(25-3)14-21(13-18)26-4/h5,7-10,12-15,24H,1,6,11H2,2-4H3/b22-16-,23-15?. The first-order valence-electron chi connectivity index (χ1n) is 8.58. The van der Waals surface area contributed by atoms with E-state index < -0.39 is 0 Å². The summed E-state index contributed by atoms with van der Waals surface area (Å²) < 4.78 is 16.4. The predicted octanol–water partition coefficient (Wildman–Crippen LogP) is 5.14. The number of phenolic OH excluding ortho intramolecular Hbond substituents is 1. The van der Waals surface area contributed by atoms with Gasteiger partial charge in [0, 0.05) is 30.0 Å². The second kappa shape index (κ2) is 10.1. The van der Waals surface area contributed by atoms with Gasteiger partial charge in [-0.1, -0.05) is 18.2 Å². The van der Waals surface area contributed by atoms with E-state index in [-0.39, 0.29) is 5.75 Å². The number of nitrogens with zero attached hydrogens (tertiary/aromatic N) is 1. The summed E-state index contributed by atoms with van der Waals surface area (Å²) in [6.45, 7) is 6.14. The Morgan fingerprint density at radius 3 is 2.26 bits per heavy atom. The Labute approximate surface area is 160 Å². The summed E-state index contributed by atoms with van der Waals surface area (Å²) in [5.74, 6) is 2.27. The Kier molecular flexibility index (Phi) is 7.49. The average Bonchev–Trinajstić information content (AvgIpc) is 2.69. The van der Waals surface area contributed by atoms with Gasteiger partial charge in [0.05, 0.1) is 26.5 Å². The molecule has 0 saturated heterocycles. The van der Waals surface area contributed by atoms with Crippen molar-refractivity contribution in [1.82, 2.24) is 0 Å². The minimum Gasteiger partial charge on any atom is -0.508 e. The Morgan fingerprint density at radius 1 is 1.07 bits per heavy atom. The molecule has 2 rings (SSSR count). The van der Waals surface area contributed by atoms with Gasteiger partial charge in [-0.05, 0) is 31.0 Å². The molecule has 5 heteroatoms. The molecule has 2 aromatic rings. The first kappa shape index (κ1) is 20.1. The van der Waals surface area contributed by atoms with E-state index in [4.69, 9.17) is 14.2 Å². The van der Waals surface area contributed by atoms with Crippen molar-refractivity contribution >= 4 is 17.5 Å². The van der Waals surface area contributed by atoms with E-state index in [0.29, 0.717) is 23.8 Å². The number of rotatable bonds is 9. The fourth-order valence-electron chi connectivity index (χ4n) is 2.39. The maximum Gasteiger partial charge on any atom is 0.124 e. The van der Waals surface area contributed by atoms with Crippen molar-refractivity contribution in [1.29, 1.82) is 0 Å². The predicted molar refractivity (Wildman–Crippen MR) is 109 cm³/mol. The van der Waals surface area contributed by atoms with Gasteiger partial charge in [-0.15, -0.1) is 6.58 Å². The minimum atomic E-state index is 0.206. The highest BCUT2D eigenvalue weighted by Gasteiger charge is 2.07. The number of hydrogen-bond acceptors (Lipinski definition) is 5. The number of ether oxygens (including phenoxy) is 3. The minimum absolute atomic E-state index is 0.206. The van der Waals surface area contributed by atoms with Gasteiger partial charge in [0.15, 0.2) is 0 Å². The van der Waals surface area contributed by atoms with Gasteiger partial charge in [-0.25, -0.2) is 0 Å². The number of benzene rings is 2. The van der Waals surface area contributed by atoms with Gasteiger partial charge in [-0.2, -0.15) is 0 Å². The number of allylic oxidation sites excluding steroid dienone is 2. The molecule has 0 aliphatic heterocycles. The summed E-state index contributed by atoms with van der Waals surface area (Å²) in [6, 6.07) is 12.3. The summed E-state index contributed by atoms with van der Waals surface area (Å²) in [6.07, 6.45) is 4.30. The molecule has 2 aromatic carbocycles. The van der Waals surface area contributed by atoms with E-state index in [1.165, 1.54) is 0 Å². The monoisotopic (exact) mass is 367 g/mol. The lowest BCUT2D eigenvalue weighted by Gasteiger charge is -2.11. The van der Waals surface area contributed by atoms with Crippen molar-refractivity contribution in [3.63, 3.8) is 0 Å². The van der Waals surface area contributed by atoms with Crippen molar-refractivity contribution in [2.45, 2.75) is 13.3 Å². The van der Waals surface area contributed by atoms with Gasteiger partial charge >= 0.3 is 0 Å². The van der Waals surface area contributed by atoms with E-state index in [0.717, 1.165) is 23.3 Å². The van der Waals surface area contributed by atoms with Crippen LogP contribution in [0, 0.1) is 0 Å². The lowest BCUT2D eigenvalue weighted by molar-refractivity contribution is 0.222. The van der Waals surface area contributed by atoms with E-state index in [1.807, 2.05) is 37.3 Å². The second-order valence-electron chi connectivity index (χ2n) is 5.77. The molecule has 142 valence electrons. The van der Waals surface area contributed by atoms with E-state index in [9.17, 15) is 5.11 Å². The van der Waals surface area contributed by atoms with Gasteiger partial charge in [0.25, 0.3) is 0 Å². The van der Waals surface area contributed by atoms with Crippen LogP contribution in [0.4, 0.5) is 5.69 Å². The zero-order chi connectivity index (χ0) is 19.6. The van der Waals surface area contributed by atoms with Gasteiger partial charge < -0.3 is 19.3 Å². The van der Waals surface area contributed by atoms with Crippen LogP contribution in [0.3, 0.4) is 0 Å². The molecule has 0 amide bonds. The molecule has 0 aromatic heterocycles. The Bertz CT molecular complexity index is 800. The summed E-state index contributed by atoms with van der Waals surface area (Å²) in [5, 5.41) is 9.55. The van der Waals surface area contributed by atoms with Gasteiger partial charge in [0.1, 0.15) is 23.0 Å². The molecular formula is C22H25NO4. The normalized spacial score (nSPS) is 11.8. The zero-order valence-corrected chi connectivity index (χ0v) is 15.9. The first-order valence-corrected chi connectivity index (χ1v) is 8.58. The highest BCUT2D eigenvalue weighted by molar-refractivity contribution is 6.11. The molecular weight excluding hydrogens is 342 g/mol. The first-order chi connectivity index (χ1) is 13.1. The summed E-state index contributed by atoms with van der Waals surface area (Å²) in [7, 11) is 3.20. The fraction of sp³-hybridized carbons (Fsp3) is 0.227. The van der Waals surface area contributed by atoms with Crippen molar-refractivity contribution in [2.24, 2.45) is 4.99 Å². The number of aliphatic imine (C=N–C) groups is 1. The summed E-state index contributed by atoms with van der Waals surface area (Å²) in [4.78, 5) is 4.57. The molecule has 0 aliphatic carbocycles. The van der Waals surface area contributed by atoms with Gasteiger partial charge in [0.2, 0.25) is 0 Å². The molecule has 5 nitrogen and oxygen atoms in total. The van der Waals surface area contributed by atoms with Gasteiger partial charge in [-0.3, -0.25) is 4.99 Å². The number of methoxy groups -OCH3 is 2. The molecule has 0 aliphatic rings. The number of aromatic hydroxyl groups is 1. The maximum atomic E-state index is 9.55. The summed E-state index contributed by atoms with van der Waals surface area (Å²) >= 11 is 0. The van der Waals surface area contributed by atoms with E-state index >= 15 is 0 Å². The molecule has 0 bridgehead atoms. The molecule has 0 spiro atoms. The van der Waals surface area contributed by atoms with Crippen LogP contribution in [-0.4, -0.2) is 32.1 Å². The topological polar surface area (TPSA) is 60.3 Å². The average molecular weight is 367 g/mol. The highest BCUT2D eigenvalue weighted by atomic mass is 16.5. The Hall–Kier alpha value is -3.21. The van der Waals surface area contributed by atoms with E-state index in [1.54, 1.807) is 38.6 Å². The summed E-state index contributed by atoms with van der Waals surface area (Å²) in [5.41, 5.74) is 2.41. The number of hydrogen-bond donors (Lipinski definition) is 1. The SMILES string of the molecule is C=CCCO/C(C)=C(/C=Nc1cc(OC)cc(OC)c1)c1ccc(O)cc1. The third-order valence-corrected chi connectivity index (χ3v) is 3.88. The van der Waals surface area contributed by atoms with Crippen LogP contribution in [0.1, 0.15) is 18.9 Å². The third kappa shape index (κ3) is 5.92. The quantitative estimate of drug-likeness (QED) is 0.289. The molecule has 0 atom stereocenters.